The number of rotatable bonds is 4. The van der Waals surface area contributed by atoms with Crippen molar-refractivity contribution in [1.29, 1.82) is 0 Å². The Hall–Kier alpha value is -2.00. The van der Waals surface area contributed by atoms with Crippen LogP contribution in [0.15, 0.2) is 53.6 Å². The fourth-order valence-electron chi connectivity index (χ4n) is 1.59. The number of benzene rings is 2. The molecule has 0 radical (unpaired) electrons. The van der Waals surface area contributed by atoms with E-state index in [0.29, 0.717) is 5.02 Å². The molecule has 4 heteroatoms. The summed E-state index contributed by atoms with van der Waals surface area (Å²) in [5.41, 5.74) is 5.66. The quantitative estimate of drug-likeness (QED) is 0.670. The zero-order valence-electron chi connectivity index (χ0n) is 10.9. The van der Waals surface area contributed by atoms with Crippen LogP contribution in [0.4, 0.5) is 5.69 Å². The van der Waals surface area contributed by atoms with Crippen molar-refractivity contribution in [3.63, 3.8) is 0 Å². The SMILES string of the molecule is COc1ccc(/C(C)=N\Nc2ccccc2Cl)cc1. The molecule has 0 aliphatic carbocycles. The maximum absolute atomic E-state index is 6.04. The molecular weight excluding hydrogens is 260 g/mol. The number of hydrazone groups is 1. The normalized spacial score (nSPS) is 11.2. The second-order valence-corrected chi connectivity index (χ2v) is 4.42. The first-order valence-electron chi connectivity index (χ1n) is 5.90. The van der Waals surface area contributed by atoms with E-state index >= 15 is 0 Å². The van der Waals surface area contributed by atoms with Gasteiger partial charge in [0.15, 0.2) is 0 Å². The molecule has 0 aromatic heterocycles. The topological polar surface area (TPSA) is 33.6 Å². The molecule has 3 nitrogen and oxygen atoms in total. The fraction of sp³-hybridized carbons (Fsp3) is 0.133. The van der Waals surface area contributed by atoms with Gasteiger partial charge in [-0.3, -0.25) is 5.43 Å². The summed E-state index contributed by atoms with van der Waals surface area (Å²) in [5, 5.41) is 4.97. The average molecular weight is 275 g/mol. The number of hydrogen-bond donors (Lipinski definition) is 1. The number of nitrogens with one attached hydrogen (secondary N) is 1. The Labute approximate surface area is 117 Å². The molecule has 1 N–H and O–H groups in total. The van der Waals surface area contributed by atoms with Crippen molar-refractivity contribution in [1.82, 2.24) is 0 Å². The van der Waals surface area contributed by atoms with Gasteiger partial charge < -0.3 is 4.74 Å². The first-order chi connectivity index (χ1) is 9.20. The molecule has 2 aromatic carbocycles. The summed E-state index contributed by atoms with van der Waals surface area (Å²) in [6.45, 7) is 1.94. The minimum atomic E-state index is 0.647. The van der Waals surface area contributed by atoms with Gasteiger partial charge in [-0.2, -0.15) is 5.10 Å². The molecule has 98 valence electrons. The third kappa shape index (κ3) is 3.48. The first-order valence-corrected chi connectivity index (χ1v) is 6.28. The minimum absolute atomic E-state index is 0.647. The minimum Gasteiger partial charge on any atom is -0.497 e. The van der Waals surface area contributed by atoms with E-state index in [2.05, 4.69) is 10.5 Å². The molecule has 0 aliphatic rings. The molecule has 19 heavy (non-hydrogen) atoms. The number of halogens is 1. The molecule has 0 amide bonds. The van der Waals surface area contributed by atoms with Crippen LogP contribution in [0.1, 0.15) is 12.5 Å². The Morgan fingerprint density at radius 2 is 1.79 bits per heavy atom. The van der Waals surface area contributed by atoms with Crippen LogP contribution in [-0.2, 0) is 0 Å². The Balaban J connectivity index is 2.12. The molecule has 2 aromatic rings. The van der Waals surface area contributed by atoms with E-state index in [-0.39, 0.29) is 0 Å². The number of para-hydroxylation sites is 1. The molecule has 0 aliphatic heterocycles. The lowest BCUT2D eigenvalue weighted by Gasteiger charge is -2.06. The molecule has 0 saturated carbocycles. The summed E-state index contributed by atoms with van der Waals surface area (Å²) in [6, 6.07) is 15.2. The van der Waals surface area contributed by atoms with Crippen LogP contribution < -0.4 is 10.2 Å². The van der Waals surface area contributed by atoms with Gasteiger partial charge in [0.1, 0.15) is 5.75 Å². The largest absolute Gasteiger partial charge is 0.497 e. The van der Waals surface area contributed by atoms with E-state index in [4.69, 9.17) is 16.3 Å². The Kier molecular flexibility index (Phi) is 4.42. The molecule has 0 saturated heterocycles. The van der Waals surface area contributed by atoms with Crippen molar-refractivity contribution in [2.24, 2.45) is 5.10 Å². The number of ether oxygens (including phenoxy) is 1. The second-order valence-electron chi connectivity index (χ2n) is 4.02. The summed E-state index contributed by atoms with van der Waals surface area (Å²) in [4.78, 5) is 0. The molecule has 0 spiro atoms. The lowest BCUT2D eigenvalue weighted by molar-refractivity contribution is 0.415. The van der Waals surface area contributed by atoms with Crippen molar-refractivity contribution in [3.8, 4) is 5.75 Å². The summed E-state index contributed by atoms with van der Waals surface area (Å²) < 4.78 is 5.12. The van der Waals surface area contributed by atoms with Crippen LogP contribution in [0.2, 0.25) is 5.02 Å². The van der Waals surface area contributed by atoms with E-state index in [9.17, 15) is 0 Å². The predicted molar refractivity (Wildman–Crippen MR) is 80.3 cm³/mol. The maximum Gasteiger partial charge on any atom is 0.118 e. The van der Waals surface area contributed by atoms with Crippen molar-refractivity contribution in [2.75, 3.05) is 12.5 Å². The number of hydrogen-bond acceptors (Lipinski definition) is 3. The van der Waals surface area contributed by atoms with E-state index in [1.165, 1.54) is 0 Å². The summed E-state index contributed by atoms with van der Waals surface area (Å²) >= 11 is 6.04. The highest BCUT2D eigenvalue weighted by molar-refractivity contribution is 6.33. The standard InChI is InChI=1S/C15H15ClN2O/c1-11(12-7-9-13(19-2)10-8-12)17-18-15-6-4-3-5-14(15)16/h3-10,18H,1-2H3/b17-11-. The van der Waals surface area contributed by atoms with Gasteiger partial charge in [0.25, 0.3) is 0 Å². The van der Waals surface area contributed by atoms with Crippen LogP contribution in [0.25, 0.3) is 0 Å². The molecule has 0 atom stereocenters. The van der Waals surface area contributed by atoms with E-state index in [1.807, 2.05) is 55.5 Å². The van der Waals surface area contributed by atoms with Gasteiger partial charge >= 0.3 is 0 Å². The number of nitrogens with zero attached hydrogens (tertiary/aromatic N) is 1. The molecule has 0 bridgehead atoms. The lowest BCUT2D eigenvalue weighted by atomic mass is 10.1. The van der Waals surface area contributed by atoms with Crippen LogP contribution in [0.3, 0.4) is 0 Å². The van der Waals surface area contributed by atoms with E-state index in [0.717, 1.165) is 22.7 Å². The maximum atomic E-state index is 6.04. The first kappa shape index (κ1) is 13.4. The smallest absolute Gasteiger partial charge is 0.118 e. The Morgan fingerprint density at radius 1 is 1.11 bits per heavy atom. The van der Waals surface area contributed by atoms with E-state index in [1.54, 1.807) is 7.11 Å². The number of methoxy groups -OCH3 is 1. The summed E-state index contributed by atoms with van der Waals surface area (Å²) in [6.07, 6.45) is 0. The third-order valence-corrected chi connectivity index (χ3v) is 3.06. The average Bonchev–Trinajstić information content (AvgIpc) is 2.46. The fourth-order valence-corrected chi connectivity index (χ4v) is 1.77. The van der Waals surface area contributed by atoms with Crippen molar-refractivity contribution in [2.45, 2.75) is 6.92 Å². The van der Waals surface area contributed by atoms with Gasteiger partial charge in [0, 0.05) is 0 Å². The van der Waals surface area contributed by atoms with Gasteiger partial charge in [-0.05, 0) is 48.9 Å². The van der Waals surface area contributed by atoms with Gasteiger partial charge in [-0.15, -0.1) is 0 Å². The van der Waals surface area contributed by atoms with Crippen molar-refractivity contribution < 1.29 is 4.74 Å². The van der Waals surface area contributed by atoms with Crippen LogP contribution in [0.5, 0.6) is 5.75 Å². The lowest BCUT2D eigenvalue weighted by Crippen LogP contribution is -2.00. The zero-order valence-corrected chi connectivity index (χ0v) is 11.6. The molecular formula is C15H15ClN2O. The monoisotopic (exact) mass is 274 g/mol. The molecule has 2 rings (SSSR count). The van der Waals surface area contributed by atoms with Gasteiger partial charge in [0.05, 0.1) is 23.5 Å². The van der Waals surface area contributed by atoms with Crippen LogP contribution in [0, 0.1) is 0 Å². The molecule has 0 fully saturated rings. The highest BCUT2D eigenvalue weighted by Gasteiger charge is 2.00. The third-order valence-electron chi connectivity index (χ3n) is 2.73. The number of anilines is 1. The highest BCUT2D eigenvalue weighted by Crippen LogP contribution is 2.20. The predicted octanol–water partition coefficient (Wildman–Crippen LogP) is 4.18. The summed E-state index contributed by atoms with van der Waals surface area (Å²) in [5.74, 6) is 0.829. The highest BCUT2D eigenvalue weighted by atomic mass is 35.5. The van der Waals surface area contributed by atoms with E-state index < -0.39 is 0 Å². The van der Waals surface area contributed by atoms with Crippen molar-refractivity contribution in [3.05, 3.63) is 59.1 Å². The second kappa shape index (κ2) is 6.25. The van der Waals surface area contributed by atoms with Crippen LogP contribution >= 0.6 is 11.6 Å². The molecule has 0 heterocycles. The molecule has 0 unspecified atom stereocenters. The Bertz CT molecular complexity index is 579. The van der Waals surface area contributed by atoms with Crippen molar-refractivity contribution >= 4 is 23.0 Å². The zero-order chi connectivity index (χ0) is 13.7. The summed E-state index contributed by atoms with van der Waals surface area (Å²) in [7, 11) is 1.65. The van der Waals surface area contributed by atoms with Gasteiger partial charge in [-0.25, -0.2) is 0 Å². The van der Waals surface area contributed by atoms with Crippen LogP contribution in [-0.4, -0.2) is 12.8 Å². The Morgan fingerprint density at radius 3 is 2.42 bits per heavy atom. The van der Waals surface area contributed by atoms with Gasteiger partial charge in [0.2, 0.25) is 0 Å². The van der Waals surface area contributed by atoms with Gasteiger partial charge in [-0.1, -0.05) is 23.7 Å².